The maximum Gasteiger partial charge on any atom is 0.235 e. The number of hydrogen-bond acceptors (Lipinski definition) is 3. The van der Waals surface area contributed by atoms with Crippen LogP contribution < -0.4 is 0 Å². The van der Waals surface area contributed by atoms with Crippen LogP contribution in [0.4, 0.5) is 0 Å². The van der Waals surface area contributed by atoms with E-state index in [0.29, 0.717) is 19.4 Å². The summed E-state index contributed by atoms with van der Waals surface area (Å²) in [5, 5.41) is -0.397. The molecule has 1 saturated carbocycles. The number of halogens is 1. The van der Waals surface area contributed by atoms with Crippen LogP contribution in [0.5, 0.6) is 0 Å². The summed E-state index contributed by atoms with van der Waals surface area (Å²) in [5.41, 5.74) is -0.177. The maximum absolute atomic E-state index is 11.3. The van der Waals surface area contributed by atoms with Gasteiger partial charge in [0.1, 0.15) is 0 Å². The van der Waals surface area contributed by atoms with E-state index in [2.05, 4.69) is 0 Å². The van der Waals surface area contributed by atoms with Crippen molar-refractivity contribution in [1.29, 1.82) is 0 Å². The normalized spacial score (nSPS) is 31.7. The Morgan fingerprint density at radius 2 is 1.87 bits per heavy atom. The van der Waals surface area contributed by atoms with E-state index in [9.17, 15) is 8.42 Å². The van der Waals surface area contributed by atoms with Gasteiger partial charge in [0.15, 0.2) is 0 Å². The molecule has 1 saturated heterocycles. The van der Waals surface area contributed by atoms with Crippen molar-refractivity contribution in [3.05, 3.63) is 0 Å². The second-order valence-corrected chi connectivity index (χ2v) is 7.59. The van der Waals surface area contributed by atoms with E-state index in [1.165, 1.54) is 6.42 Å². The van der Waals surface area contributed by atoms with E-state index in [0.717, 1.165) is 25.7 Å². The van der Waals surface area contributed by atoms with Crippen LogP contribution in [0.2, 0.25) is 0 Å². The molecule has 3 nitrogen and oxygen atoms in total. The summed E-state index contributed by atoms with van der Waals surface area (Å²) in [5.74, 6) is 0. The zero-order chi connectivity index (χ0) is 10.9. The van der Waals surface area contributed by atoms with Gasteiger partial charge in [0.25, 0.3) is 0 Å². The summed E-state index contributed by atoms with van der Waals surface area (Å²) < 4.78 is 28.5. The predicted molar refractivity (Wildman–Crippen MR) is 59.6 cm³/mol. The molecule has 0 bridgehead atoms. The zero-order valence-corrected chi connectivity index (χ0v) is 10.3. The highest BCUT2D eigenvalue weighted by atomic mass is 35.7. The Bertz CT molecular complexity index is 314. The van der Waals surface area contributed by atoms with Gasteiger partial charge >= 0.3 is 0 Å². The summed E-state index contributed by atoms with van der Waals surface area (Å²) in [4.78, 5) is 0. The summed E-state index contributed by atoms with van der Waals surface area (Å²) in [7, 11) is 2.02. The first-order valence-electron chi connectivity index (χ1n) is 5.59. The Balaban J connectivity index is 2.09. The fourth-order valence-corrected chi connectivity index (χ4v) is 4.10. The average molecular weight is 253 g/mol. The Labute approximate surface area is 95.6 Å². The van der Waals surface area contributed by atoms with Crippen LogP contribution >= 0.6 is 10.7 Å². The van der Waals surface area contributed by atoms with Crippen LogP contribution in [0.3, 0.4) is 0 Å². The Hall–Kier alpha value is 0.200. The van der Waals surface area contributed by atoms with E-state index in [-0.39, 0.29) is 5.60 Å². The molecule has 1 atom stereocenters. The minimum absolute atomic E-state index is 0.177. The third-order valence-electron chi connectivity index (χ3n) is 3.61. The van der Waals surface area contributed by atoms with E-state index < -0.39 is 14.3 Å². The van der Waals surface area contributed by atoms with Crippen molar-refractivity contribution in [3.8, 4) is 0 Å². The summed E-state index contributed by atoms with van der Waals surface area (Å²) >= 11 is 0. The van der Waals surface area contributed by atoms with Gasteiger partial charge in [0.2, 0.25) is 9.05 Å². The highest BCUT2D eigenvalue weighted by Crippen LogP contribution is 2.40. The molecule has 0 N–H and O–H groups in total. The molecule has 2 fully saturated rings. The minimum atomic E-state index is -3.41. The molecule has 1 spiro atoms. The Morgan fingerprint density at radius 1 is 1.20 bits per heavy atom. The van der Waals surface area contributed by atoms with Gasteiger partial charge in [-0.1, -0.05) is 19.3 Å². The van der Waals surface area contributed by atoms with Gasteiger partial charge in [-0.2, -0.15) is 0 Å². The first-order valence-corrected chi connectivity index (χ1v) is 7.97. The van der Waals surface area contributed by atoms with Crippen molar-refractivity contribution in [1.82, 2.24) is 0 Å². The van der Waals surface area contributed by atoms with E-state index in [4.69, 9.17) is 15.4 Å². The molecule has 1 unspecified atom stereocenters. The highest BCUT2D eigenvalue weighted by Gasteiger charge is 2.42. The molecule has 15 heavy (non-hydrogen) atoms. The zero-order valence-electron chi connectivity index (χ0n) is 8.75. The van der Waals surface area contributed by atoms with Crippen LogP contribution in [0.25, 0.3) is 0 Å². The maximum atomic E-state index is 11.3. The number of ether oxygens (including phenoxy) is 1. The predicted octanol–water partition coefficient (Wildman–Crippen LogP) is 2.44. The molecule has 0 radical (unpaired) electrons. The molecule has 0 aromatic heterocycles. The van der Waals surface area contributed by atoms with Crippen molar-refractivity contribution in [2.75, 3.05) is 6.61 Å². The summed E-state index contributed by atoms with van der Waals surface area (Å²) in [6.45, 7) is 0.538. The molecular formula is C10H17ClO3S. The van der Waals surface area contributed by atoms with Crippen molar-refractivity contribution < 1.29 is 13.2 Å². The first kappa shape index (κ1) is 11.7. The highest BCUT2D eigenvalue weighted by molar-refractivity contribution is 8.14. The van der Waals surface area contributed by atoms with Crippen LogP contribution in [0, 0.1) is 0 Å². The molecule has 0 aromatic rings. The van der Waals surface area contributed by atoms with Gasteiger partial charge in [-0.05, 0) is 25.7 Å². The Morgan fingerprint density at radius 3 is 2.47 bits per heavy atom. The second kappa shape index (κ2) is 4.22. The van der Waals surface area contributed by atoms with Gasteiger partial charge in [0.05, 0.1) is 10.9 Å². The van der Waals surface area contributed by atoms with Gasteiger partial charge in [-0.25, -0.2) is 8.42 Å². The standard InChI is InChI=1S/C10H17ClO3S/c11-15(12,13)9-4-7-14-10(8-9)5-2-1-3-6-10/h9H,1-8H2. The van der Waals surface area contributed by atoms with Gasteiger partial charge in [0, 0.05) is 17.3 Å². The third-order valence-corrected chi connectivity index (χ3v) is 5.57. The van der Waals surface area contributed by atoms with Gasteiger partial charge in [-0.15, -0.1) is 0 Å². The van der Waals surface area contributed by atoms with E-state index >= 15 is 0 Å². The molecule has 0 amide bonds. The molecule has 2 aliphatic rings. The van der Waals surface area contributed by atoms with Crippen molar-refractivity contribution in [3.63, 3.8) is 0 Å². The average Bonchev–Trinajstić information content (AvgIpc) is 2.18. The molecule has 1 heterocycles. The lowest BCUT2D eigenvalue weighted by Gasteiger charge is -2.42. The SMILES string of the molecule is O=S(=O)(Cl)C1CCOC2(CCCCC2)C1. The van der Waals surface area contributed by atoms with Gasteiger partial charge in [-0.3, -0.25) is 0 Å². The van der Waals surface area contributed by atoms with Gasteiger partial charge < -0.3 is 4.74 Å². The quantitative estimate of drug-likeness (QED) is 0.674. The molecule has 5 heteroatoms. The third kappa shape index (κ3) is 2.66. The first-order chi connectivity index (χ1) is 7.02. The summed E-state index contributed by atoms with van der Waals surface area (Å²) in [6.07, 6.45) is 6.67. The lowest BCUT2D eigenvalue weighted by molar-refractivity contribution is -0.0977. The molecular weight excluding hydrogens is 236 g/mol. The lowest BCUT2D eigenvalue weighted by atomic mass is 9.80. The molecule has 2 rings (SSSR count). The lowest BCUT2D eigenvalue weighted by Crippen LogP contribution is -2.44. The number of hydrogen-bond donors (Lipinski definition) is 0. The monoisotopic (exact) mass is 252 g/mol. The fourth-order valence-electron chi connectivity index (χ4n) is 2.77. The Kier molecular flexibility index (Phi) is 3.29. The van der Waals surface area contributed by atoms with E-state index in [1.807, 2.05) is 0 Å². The fraction of sp³-hybridized carbons (Fsp3) is 1.00. The molecule has 0 aromatic carbocycles. The van der Waals surface area contributed by atoms with E-state index in [1.54, 1.807) is 0 Å². The van der Waals surface area contributed by atoms with Crippen LogP contribution in [0.15, 0.2) is 0 Å². The topological polar surface area (TPSA) is 43.4 Å². The van der Waals surface area contributed by atoms with Crippen LogP contribution in [-0.4, -0.2) is 25.9 Å². The van der Waals surface area contributed by atoms with Crippen molar-refractivity contribution >= 4 is 19.7 Å². The molecule has 88 valence electrons. The molecule has 1 aliphatic carbocycles. The number of rotatable bonds is 1. The van der Waals surface area contributed by atoms with Crippen LogP contribution in [0.1, 0.15) is 44.9 Å². The van der Waals surface area contributed by atoms with Crippen molar-refractivity contribution in [2.45, 2.75) is 55.8 Å². The smallest absolute Gasteiger partial charge is 0.235 e. The largest absolute Gasteiger partial charge is 0.375 e. The summed E-state index contributed by atoms with van der Waals surface area (Å²) in [6, 6.07) is 0. The molecule has 1 aliphatic heterocycles. The van der Waals surface area contributed by atoms with Crippen LogP contribution in [-0.2, 0) is 13.8 Å². The van der Waals surface area contributed by atoms with Crippen molar-refractivity contribution in [2.24, 2.45) is 0 Å². The minimum Gasteiger partial charge on any atom is -0.375 e. The second-order valence-electron chi connectivity index (χ2n) is 4.68.